The minimum atomic E-state index is 0.341. The Labute approximate surface area is 137 Å². The van der Waals surface area contributed by atoms with Crippen LogP contribution in [0.1, 0.15) is 69.5 Å². The van der Waals surface area contributed by atoms with E-state index >= 15 is 0 Å². The Morgan fingerprint density at radius 2 is 1.96 bits per heavy atom. The number of hydrogen-bond acceptors (Lipinski definition) is 3. The monoisotopic (exact) mass is 310 g/mol. The number of aromatic nitrogens is 3. The van der Waals surface area contributed by atoms with Crippen molar-refractivity contribution in [2.24, 2.45) is 5.92 Å². The molecule has 2 saturated carbocycles. The van der Waals surface area contributed by atoms with Crippen molar-refractivity contribution in [1.29, 1.82) is 0 Å². The van der Waals surface area contributed by atoms with Gasteiger partial charge in [-0.25, -0.2) is 4.98 Å². The topological polar surface area (TPSA) is 42.2 Å². The van der Waals surface area contributed by atoms with Gasteiger partial charge >= 0.3 is 0 Å². The van der Waals surface area contributed by atoms with Gasteiger partial charge in [-0.1, -0.05) is 32.6 Å². The molecule has 0 radical (unpaired) electrons. The van der Waals surface area contributed by atoms with Crippen LogP contribution in [0.15, 0.2) is 12.3 Å². The van der Waals surface area contributed by atoms with E-state index in [1.807, 2.05) is 6.20 Å². The molecule has 1 atom stereocenters. The molecule has 3 aliphatic rings. The number of rotatable bonds is 2. The highest BCUT2D eigenvalue weighted by molar-refractivity contribution is 5.60. The molecule has 0 saturated heterocycles. The minimum Gasteiger partial charge on any atom is -0.367 e. The van der Waals surface area contributed by atoms with Crippen LogP contribution in [0, 0.1) is 5.92 Å². The molecule has 0 aliphatic heterocycles. The average molecular weight is 310 g/mol. The Kier molecular flexibility index (Phi) is 2.98. The largest absolute Gasteiger partial charge is 0.367 e. The summed E-state index contributed by atoms with van der Waals surface area (Å²) in [5.41, 5.74) is 4.22. The van der Waals surface area contributed by atoms with Gasteiger partial charge in [0.05, 0.1) is 11.9 Å². The van der Waals surface area contributed by atoms with E-state index in [0.717, 1.165) is 12.1 Å². The van der Waals surface area contributed by atoms with Crippen LogP contribution in [-0.2, 0) is 11.8 Å². The van der Waals surface area contributed by atoms with Gasteiger partial charge < -0.3 is 5.32 Å². The zero-order valence-corrected chi connectivity index (χ0v) is 14.0. The zero-order valence-electron chi connectivity index (χ0n) is 14.0. The van der Waals surface area contributed by atoms with Crippen LogP contribution in [0.25, 0.3) is 5.65 Å². The SMILES string of the molecule is CC1Cc2c(nc3ccnn3c2NC2CCCC2)C12CCCC2. The van der Waals surface area contributed by atoms with Gasteiger partial charge in [-0.3, -0.25) is 0 Å². The van der Waals surface area contributed by atoms with Crippen molar-refractivity contribution in [2.75, 3.05) is 5.32 Å². The minimum absolute atomic E-state index is 0.341. The first-order valence-electron chi connectivity index (χ1n) is 9.41. The fraction of sp³-hybridized carbons (Fsp3) is 0.684. The van der Waals surface area contributed by atoms with E-state index in [2.05, 4.69) is 27.9 Å². The predicted octanol–water partition coefficient (Wildman–Crippen LogP) is 4.09. The summed E-state index contributed by atoms with van der Waals surface area (Å²) < 4.78 is 2.05. The number of hydrogen-bond donors (Lipinski definition) is 1. The molecule has 5 rings (SSSR count). The smallest absolute Gasteiger partial charge is 0.157 e. The number of nitrogens with zero attached hydrogens (tertiary/aromatic N) is 3. The lowest BCUT2D eigenvalue weighted by atomic mass is 9.76. The predicted molar refractivity (Wildman–Crippen MR) is 91.9 cm³/mol. The van der Waals surface area contributed by atoms with Gasteiger partial charge in [0, 0.05) is 23.1 Å². The lowest BCUT2D eigenvalue weighted by Crippen LogP contribution is -2.27. The Morgan fingerprint density at radius 1 is 1.17 bits per heavy atom. The third-order valence-corrected chi connectivity index (χ3v) is 6.75. The summed E-state index contributed by atoms with van der Waals surface area (Å²) in [7, 11) is 0. The fourth-order valence-electron chi connectivity index (χ4n) is 5.46. The van der Waals surface area contributed by atoms with Crippen LogP contribution in [0.5, 0.6) is 0 Å². The van der Waals surface area contributed by atoms with Crippen LogP contribution in [-0.4, -0.2) is 20.6 Å². The zero-order chi connectivity index (χ0) is 15.4. The second-order valence-corrected chi connectivity index (χ2v) is 7.98. The van der Waals surface area contributed by atoms with Crippen molar-refractivity contribution in [2.45, 2.75) is 76.2 Å². The van der Waals surface area contributed by atoms with Gasteiger partial charge in [-0.05, 0) is 38.0 Å². The molecule has 23 heavy (non-hydrogen) atoms. The van der Waals surface area contributed by atoms with Crippen LogP contribution < -0.4 is 5.32 Å². The van der Waals surface area contributed by atoms with E-state index in [1.165, 1.54) is 68.4 Å². The standard InChI is InChI=1S/C19H26N4/c1-13-12-15-17(19(13)9-4-5-10-19)22-16-8-11-20-23(16)18(15)21-14-6-2-3-7-14/h8,11,13-14,21H,2-7,9-10,12H2,1H3. The van der Waals surface area contributed by atoms with Crippen molar-refractivity contribution in [3.8, 4) is 0 Å². The Bertz CT molecular complexity index is 735. The summed E-state index contributed by atoms with van der Waals surface area (Å²) >= 11 is 0. The molecule has 0 amide bonds. The molecule has 4 nitrogen and oxygen atoms in total. The molecule has 122 valence electrons. The summed E-state index contributed by atoms with van der Waals surface area (Å²) in [5, 5.41) is 8.43. The average Bonchev–Trinajstić information content (AvgIpc) is 3.32. The Hall–Kier alpha value is -1.58. The van der Waals surface area contributed by atoms with Gasteiger partial charge in [-0.2, -0.15) is 9.61 Å². The molecule has 1 N–H and O–H groups in total. The third kappa shape index (κ3) is 1.90. The summed E-state index contributed by atoms with van der Waals surface area (Å²) in [6, 6.07) is 2.68. The highest BCUT2D eigenvalue weighted by Gasteiger charge is 2.49. The maximum Gasteiger partial charge on any atom is 0.157 e. The molecule has 0 aromatic carbocycles. The lowest BCUT2D eigenvalue weighted by molar-refractivity contribution is 0.316. The normalized spacial score (nSPS) is 26.4. The quantitative estimate of drug-likeness (QED) is 0.908. The van der Waals surface area contributed by atoms with E-state index in [0.29, 0.717) is 17.4 Å². The number of anilines is 1. The first-order chi connectivity index (χ1) is 11.3. The maximum atomic E-state index is 5.10. The summed E-state index contributed by atoms with van der Waals surface area (Å²) in [5.74, 6) is 1.96. The molecule has 2 aromatic rings. The summed E-state index contributed by atoms with van der Waals surface area (Å²) in [6.45, 7) is 2.44. The van der Waals surface area contributed by atoms with Gasteiger partial charge in [0.1, 0.15) is 5.82 Å². The molecule has 2 heterocycles. The molecule has 1 unspecified atom stereocenters. The van der Waals surface area contributed by atoms with Crippen LogP contribution in [0.4, 0.5) is 5.82 Å². The Morgan fingerprint density at radius 3 is 2.74 bits per heavy atom. The van der Waals surface area contributed by atoms with E-state index in [4.69, 9.17) is 4.98 Å². The molecule has 0 bridgehead atoms. The lowest BCUT2D eigenvalue weighted by Gasteiger charge is -2.29. The van der Waals surface area contributed by atoms with Gasteiger partial charge in [0.15, 0.2) is 5.65 Å². The van der Waals surface area contributed by atoms with E-state index < -0.39 is 0 Å². The molecule has 2 aromatic heterocycles. The van der Waals surface area contributed by atoms with Gasteiger partial charge in [-0.15, -0.1) is 0 Å². The van der Waals surface area contributed by atoms with E-state index in [-0.39, 0.29) is 0 Å². The third-order valence-electron chi connectivity index (χ3n) is 6.75. The van der Waals surface area contributed by atoms with Gasteiger partial charge in [0.25, 0.3) is 0 Å². The maximum absolute atomic E-state index is 5.10. The molecular weight excluding hydrogens is 284 g/mol. The van der Waals surface area contributed by atoms with E-state index in [9.17, 15) is 0 Å². The molecular formula is C19H26N4. The van der Waals surface area contributed by atoms with E-state index in [1.54, 1.807) is 0 Å². The second-order valence-electron chi connectivity index (χ2n) is 7.98. The molecule has 3 aliphatic carbocycles. The van der Waals surface area contributed by atoms with Crippen molar-refractivity contribution in [1.82, 2.24) is 14.6 Å². The molecule has 4 heteroatoms. The van der Waals surface area contributed by atoms with Crippen molar-refractivity contribution in [3.05, 3.63) is 23.5 Å². The van der Waals surface area contributed by atoms with Gasteiger partial charge in [0.2, 0.25) is 0 Å². The van der Waals surface area contributed by atoms with Crippen LogP contribution in [0.2, 0.25) is 0 Å². The van der Waals surface area contributed by atoms with Crippen molar-refractivity contribution < 1.29 is 0 Å². The van der Waals surface area contributed by atoms with Crippen LogP contribution in [0.3, 0.4) is 0 Å². The summed E-state index contributed by atoms with van der Waals surface area (Å²) in [6.07, 6.45) is 13.7. The highest BCUT2D eigenvalue weighted by Crippen LogP contribution is 2.54. The molecule has 1 spiro atoms. The molecule has 2 fully saturated rings. The van der Waals surface area contributed by atoms with Crippen LogP contribution >= 0.6 is 0 Å². The number of nitrogens with one attached hydrogen (secondary N) is 1. The van der Waals surface area contributed by atoms with Crippen molar-refractivity contribution >= 4 is 11.5 Å². The summed E-state index contributed by atoms with van der Waals surface area (Å²) in [4.78, 5) is 5.10. The Balaban J connectivity index is 1.68. The first kappa shape index (κ1) is 13.8. The highest BCUT2D eigenvalue weighted by atomic mass is 15.3. The van der Waals surface area contributed by atoms with Crippen molar-refractivity contribution in [3.63, 3.8) is 0 Å². The first-order valence-corrected chi connectivity index (χ1v) is 9.41. The number of fused-ring (bicyclic) bond motifs is 3. The fourth-order valence-corrected chi connectivity index (χ4v) is 5.46. The second kappa shape index (κ2) is 4.96.